The van der Waals surface area contributed by atoms with Crippen LogP contribution in [0.3, 0.4) is 0 Å². The van der Waals surface area contributed by atoms with Crippen LogP contribution in [-0.2, 0) is 13.0 Å². The lowest BCUT2D eigenvalue weighted by Gasteiger charge is -2.26. The Morgan fingerprint density at radius 1 is 1.09 bits per heavy atom. The van der Waals surface area contributed by atoms with Gasteiger partial charge in [-0.25, -0.2) is 9.97 Å². The van der Waals surface area contributed by atoms with Crippen LogP contribution in [0.4, 0.5) is 11.5 Å². The molecule has 1 fully saturated rings. The van der Waals surface area contributed by atoms with Crippen molar-refractivity contribution in [3.05, 3.63) is 46.9 Å². The van der Waals surface area contributed by atoms with Crippen LogP contribution in [0.1, 0.15) is 37.6 Å². The van der Waals surface area contributed by atoms with E-state index in [2.05, 4.69) is 44.5 Å². The van der Waals surface area contributed by atoms with Crippen LogP contribution in [-0.4, -0.2) is 28.0 Å². The van der Waals surface area contributed by atoms with E-state index in [-0.39, 0.29) is 0 Å². The molecule has 3 rings (SSSR count). The van der Waals surface area contributed by atoms with Gasteiger partial charge in [-0.1, -0.05) is 37.1 Å². The first-order chi connectivity index (χ1) is 11.2. The van der Waals surface area contributed by atoms with Gasteiger partial charge in [0.15, 0.2) is 0 Å². The normalized spacial score (nSPS) is 15.6. The van der Waals surface area contributed by atoms with Crippen molar-refractivity contribution in [2.75, 3.05) is 18.4 Å². The fourth-order valence-corrected chi connectivity index (χ4v) is 3.10. The second-order valence-electron chi connectivity index (χ2n) is 6.00. The molecule has 1 aliphatic rings. The number of hydrogen-bond donors (Lipinski definition) is 1. The Hall–Kier alpha value is -1.65. The molecule has 122 valence electrons. The Kier molecular flexibility index (Phi) is 5.47. The highest BCUT2D eigenvalue weighted by Gasteiger charge is 2.10. The standard InChI is InChI=1S/C18H23ClN4/c1-2-17-21-16(19)12-18(22-17)20-15-8-6-14(7-9-15)13-23-10-4-3-5-11-23/h6-9,12H,2-5,10-11,13H2,1H3,(H,20,21,22). The van der Waals surface area contributed by atoms with E-state index in [4.69, 9.17) is 11.6 Å². The molecule has 1 aliphatic heterocycles. The van der Waals surface area contributed by atoms with Gasteiger partial charge in [-0.3, -0.25) is 4.90 Å². The minimum atomic E-state index is 0.473. The zero-order chi connectivity index (χ0) is 16.1. The molecule has 1 saturated heterocycles. The first-order valence-electron chi connectivity index (χ1n) is 8.35. The minimum Gasteiger partial charge on any atom is -0.340 e. The molecule has 23 heavy (non-hydrogen) atoms. The number of halogens is 1. The number of anilines is 2. The van der Waals surface area contributed by atoms with Gasteiger partial charge in [0.05, 0.1) is 0 Å². The highest BCUT2D eigenvalue weighted by atomic mass is 35.5. The molecule has 0 radical (unpaired) electrons. The predicted octanol–water partition coefficient (Wildman–Crippen LogP) is 4.42. The third-order valence-corrected chi connectivity index (χ3v) is 4.33. The summed E-state index contributed by atoms with van der Waals surface area (Å²) in [5.41, 5.74) is 2.37. The molecule has 2 aromatic rings. The molecule has 4 nitrogen and oxygen atoms in total. The number of benzene rings is 1. The van der Waals surface area contributed by atoms with Gasteiger partial charge < -0.3 is 5.32 Å². The summed E-state index contributed by atoms with van der Waals surface area (Å²) >= 11 is 6.03. The molecule has 1 N–H and O–H groups in total. The monoisotopic (exact) mass is 330 g/mol. The van der Waals surface area contributed by atoms with Gasteiger partial charge >= 0.3 is 0 Å². The van der Waals surface area contributed by atoms with E-state index < -0.39 is 0 Å². The van der Waals surface area contributed by atoms with Crippen molar-refractivity contribution in [1.82, 2.24) is 14.9 Å². The summed E-state index contributed by atoms with van der Waals surface area (Å²) in [6.45, 7) is 5.50. The highest BCUT2D eigenvalue weighted by molar-refractivity contribution is 6.29. The average molecular weight is 331 g/mol. The zero-order valence-corrected chi connectivity index (χ0v) is 14.3. The molecule has 0 amide bonds. The quantitative estimate of drug-likeness (QED) is 0.824. The van der Waals surface area contributed by atoms with Crippen molar-refractivity contribution in [3.8, 4) is 0 Å². The second-order valence-corrected chi connectivity index (χ2v) is 6.39. The maximum atomic E-state index is 6.03. The van der Waals surface area contributed by atoms with Gasteiger partial charge in [-0.15, -0.1) is 0 Å². The SMILES string of the molecule is CCc1nc(Cl)cc(Nc2ccc(CN3CCCCC3)cc2)n1. The van der Waals surface area contributed by atoms with E-state index in [1.165, 1.54) is 37.9 Å². The summed E-state index contributed by atoms with van der Waals surface area (Å²) in [6, 6.07) is 10.3. The van der Waals surface area contributed by atoms with Crippen LogP contribution in [0.25, 0.3) is 0 Å². The number of aryl methyl sites for hydroxylation is 1. The zero-order valence-electron chi connectivity index (χ0n) is 13.6. The number of aromatic nitrogens is 2. The molecular formula is C18H23ClN4. The van der Waals surface area contributed by atoms with Crippen molar-refractivity contribution < 1.29 is 0 Å². The predicted molar refractivity (Wildman–Crippen MR) is 95.3 cm³/mol. The average Bonchev–Trinajstić information content (AvgIpc) is 2.57. The lowest BCUT2D eigenvalue weighted by atomic mass is 10.1. The largest absolute Gasteiger partial charge is 0.340 e. The number of piperidine rings is 1. The molecule has 0 bridgehead atoms. The molecule has 1 aromatic carbocycles. The van der Waals surface area contributed by atoms with Gasteiger partial charge in [0.1, 0.15) is 16.8 Å². The Morgan fingerprint density at radius 2 is 1.83 bits per heavy atom. The van der Waals surface area contributed by atoms with Crippen molar-refractivity contribution in [3.63, 3.8) is 0 Å². The molecule has 1 aromatic heterocycles. The number of hydrogen-bond acceptors (Lipinski definition) is 4. The van der Waals surface area contributed by atoms with Crippen LogP contribution in [0.5, 0.6) is 0 Å². The number of nitrogens with one attached hydrogen (secondary N) is 1. The first kappa shape index (κ1) is 16.2. The molecule has 0 atom stereocenters. The molecule has 2 heterocycles. The van der Waals surface area contributed by atoms with Crippen molar-refractivity contribution in [1.29, 1.82) is 0 Å². The summed E-state index contributed by atoms with van der Waals surface area (Å²) in [7, 11) is 0. The molecule has 5 heteroatoms. The Labute approximate surface area is 142 Å². The lowest BCUT2D eigenvalue weighted by Crippen LogP contribution is -2.29. The van der Waals surface area contributed by atoms with Crippen LogP contribution < -0.4 is 5.32 Å². The smallest absolute Gasteiger partial charge is 0.135 e. The third-order valence-electron chi connectivity index (χ3n) is 4.14. The van der Waals surface area contributed by atoms with E-state index in [1.54, 1.807) is 6.07 Å². The van der Waals surface area contributed by atoms with Gasteiger partial charge in [0.25, 0.3) is 0 Å². The minimum absolute atomic E-state index is 0.473. The molecule has 0 saturated carbocycles. The van der Waals surface area contributed by atoms with Crippen LogP contribution >= 0.6 is 11.6 Å². The van der Waals surface area contributed by atoms with Crippen molar-refractivity contribution in [2.45, 2.75) is 39.2 Å². The van der Waals surface area contributed by atoms with Crippen LogP contribution in [0, 0.1) is 0 Å². The van der Waals surface area contributed by atoms with Gasteiger partial charge in [-0.2, -0.15) is 0 Å². The van der Waals surface area contributed by atoms with E-state index in [1.807, 2.05) is 6.92 Å². The van der Waals surface area contributed by atoms with E-state index in [9.17, 15) is 0 Å². The Bertz CT molecular complexity index is 636. The van der Waals surface area contributed by atoms with Crippen LogP contribution in [0.2, 0.25) is 5.15 Å². The fourth-order valence-electron chi connectivity index (χ4n) is 2.90. The Morgan fingerprint density at radius 3 is 2.52 bits per heavy atom. The van der Waals surface area contributed by atoms with Gasteiger partial charge in [0.2, 0.25) is 0 Å². The van der Waals surface area contributed by atoms with E-state index in [0.717, 1.165) is 30.3 Å². The van der Waals surface area contributed by atoms with Crippen LogP contribution in [0.15, 0.2) is 30.3 Å². The summed E-state index contributed by atoms with van der Waals surface area (Å²) in [5, 5.41) is 3.77. The maximum Gasteiger partial charge on any atom is 0.135 e. The van der Waals surface area contributed by atoms with E-state index in [0.29, 0.717) is 5.15 Å². The second kappa shape index (κ2) is 7.75. The summed E-state index contributed by atoms with van der Waals surface area (Å²) in [5.74, 6) is 1.49. The Balaban J connectivity index is 1.64. The highest BCUT2D eigenvalue weighted by Crippen LogP contribution is 2.19. The lowest BCUT2D eigenvalue weighted by molar-refractivity contribution is 0.221. The number of likely N-dealkylation sites (tertiary alicyclic amines) is 1. The molecule has 0 spiro atoms. The summed E-state index contributed by atoms with van der Waals surface area (Å²) in [4.78, 5) is 11.2. The summed E-state index contributed by atoms with van der Waals surface area (Å²) < 4.78 is 0. The number of nitrogens with zero attached hydrogens (tertiary/aromatic N) is 3. The number of rotatable bonds is 5. The van der Waals surface area contributed by atoms with Crippen molar-refractivity contribution >= 4 is 23.1 Å². The molecule has 0 aliphatic carbocycles. The first-order valence-corrected chi connectivity index (χ1v) is 8.72. The maximum absolute atomic E-state index is 6.03. The topological polar surface area (TPSA) is 41.1 Å². The van der Waals surface area contributed by atoms with Crippen molar-refractivity contribution in [2.24, 2.45) is 0 Å². The molecule has 0 unspecified atom stereocenters. The van der Waals surface area contributed by atoms with Gasteiger partial charge in [0, 0.05) is 24.7 Å². The summed E-state index contributed by atoms with van der Waals surface area (Å²) in [6.07, 6.45) is 4.80. The van der Waals surface area contributed by atoms with E-state index >= 15 is 0 Å². The molecular weight excluding hydrogens is 308 g/mol. The fraction of sp³-hybridized carbons (Fsp3) is 0.444. The third kappa shape index (κ3) is 4.66. The van der Waals surface area contributed by atoms with Gasteiger partial charge in [-0.05, 0) is 43.6 Å².